The molecule has 100 valence electrons. The maximum atomic E-state index is 12.9. The molecule has 0 radical (unpaired) electrons. The summed E-state index contributed by atoms with van der Waals surface area (Å²) in [5.41, 5.74) is 9.47. The molecule has 0 bridgehead atoms. The number of fused-ring (bicyclic) bond motifs is 1. The normalized spacial score (nSPS) is 13.6. The van der Waals surface area contributed by atoms with Gasteiger partial charge >= 0.3 is 0 Å². The largest absolute Gasteiger partial charge is 0.364 e. The second-order valence-electron chi connectivity index (χ2n) is 4.72. The lowest BCUT2D eigenvalue weighted by atomic mass is 9.93. The molecule has 0 unspecified atom stereocenters. The average molecular weight is 268 g/mol. The van der Waals surface area contributed by atoms with Crippen LogP contribution in [0.4, 0.5) is 4.39 Å². The number of carbonyl (C=O) groups is 1. The van der Waals surface area contributed by atoms with Gasteiger partial charge in [0.1, 0.15) is 11.5 Å². The minimum atomic E-state index is -0.500. The van der Waals surface area contributed by atoms with E-state index in [1.807, 2.05) is 18.2 Å². The van der Waals surface area contributed by atoms with Crippen LogP contribution >= 0.6 is 0 Å². The van der Waals surface area contributed by atoms with E-state index in [0.29, 0.717) is 12.3 Å². The van der Waals surface area contributed by atoms with Gasteiger partial charge in [0.2, 0.25) is 0 Å². The van der Waals surface area contributed by atoms with Gasteiger partial charge in [-0.25, -0.2) is 4.39 Å². The van der Waals surface area contributed by atoms with Crippen molar-refractivity contribution >= 4 is 11.6 Å². The number of hydrogen-bond donors (Lipinski definition) is 1. The van der Waals surface area contributed by atoms with Gasteiger partial charge in [0.05, 0.1) is 0 Å². The molecule has 0 aliphatic carbocycles. The summed E-state index contributed by atoms with van der Waals surface area (Å²) >= 11 is 0. The van der Waals surface area contributed by atoms with E-state index in [2.05, 4.69) is 4.99 Å². The summed E-state index contributed by atoms with van der Waals surface area (Å²) in [6.45, 7) is 0.568. The molecule has 3 rings (SSSR count). The molecule has 2 N–H and O–H groups in total. The molecule has 2 aromatic carbocycles. The molecule has 2 aromatic rings. The summed E-state index contributed by atoms with van der Waals surface area (Å²) in [5.74, 6) is -0.754. The van der Waals surface area contributed by atoms with Crippen LogP contribution in [0.25, 0.3) is 11.1 Å². The molecule has 1 aliphatic heterocycles. The van der Waals surface area contributed by atoms with Crippen LogP contribution in [0.5, 0.6) is 0 Å². The van der Waals surface area contributed by atoms with E-state index in [9.17, 15) is 9.18 Å². The third-order valence-corrected chi connectivity index (χ3v) is 3.42. The Labute approximate surface area is 116 Å². The second-order valence-corrected chi connectivity index (χ2v) is 4.72. The summed E-state index contributed by atoms with van der Waals surface area (Å²) < 4.78 is 12.9. The second kappa shape index (κ2) is 4.89. The lowest BCUT2D eigenvalue weighted by Crippen LogP contribution is -2.28. The maximum absolute atomic E-state index is 12.9. The first-order valence-corrected chi connectivity index (χ1v) is 6.38. The van der Waals surface area contributed by atoms with E-state index < -0.39 is 5.91 Å². The average Bonchev–Trinajstić information content (AvgIpc) is 2.46. The number of nitrogens with zero attached hydrogens (tertiary/aromatic N) is 1. The molecule has 1 heterocycles. The summed E-state index contributed by atoms with van der Waals surface area (Å²) in [6.07, 6.45) is 0.779. The maximum Gasteiger partial charge on any atom is 0.267 e. The zero-order chi connectivity index (χ0) is 14.1. The van der Waals surface area contributed by atoms with Crippen molar-refractivity contribution in [2.75, 3.05) is 6.54 Å². The highest BCUT2D eigenvalue weighted by atomic mass is 19.1. The number of benzene rings is 2. The van der Waals surface area contributed by atoms with Gasteiger partial charge in [0.15, 0.2) is 0 Å². The van der Waals surface area contributed by atoms with Crippen molar-refractivity contribution in [2.24, 2.45) is 10.7 Å². The lowest BCUT2D eigenvalue weighted by molar-refractivity contribution is -0.111. The predicted molar refractivity (Wildman–Crippen MR) is 76.1 cm³/mol. The molecule has 0 saturated carbocycles. The number of aliphatic imine (C=N–C) groups is 1. The van der Waals surface area contributed by atoms with Gasteiger partial charge in [-0.05, 0) is 35.2 Å². The van der Waals surface area contributed by atoms with Crippen molar-refractivity contribution < 1.29 is 9.18 Å². The molecule has 0 spiro atoms. The molecule has 0 aromatic heterocycles. The monoisotopic (exact) mass is 268 g/mol. The fourth-order valence-corrected chi connectivity index (χ4v) is 2.44. The van der Waals surface area contributed by atoms with E-state index in [1.54, 1.807) is 12.1 Å². The minimum absolute atomic E-state index is 0.255. The van der Waals surface area contributed by atoms with Gasteiger partial charge in [0.25, 0.3) is 5.91 Å². The Morgan fingerprint density at radius 1 is 1.10 bits per heavy atom. The van der Waals surface area contributed by atoms with E-state index in [4.69, 9.17) is 5.73 Å². The van der Waals surface area contributed by atoms with Crippen LogP contribution in [0.2, 0.25) is 0 Å². The number of halogens is 1. The Balaban J connectivity index is 2.04. The summed E-state index contributed by atoms with van der Waals surface area (Å²) in [7, 11) is 0. The zero-order valence-corrected chi connectivity index (χ0v) is 10.8. The van der Waals surface area contributed by atoms with Crippen LogP contribution < -0.4 is 5.73 Å². The molecule has 0 saturated heterocycles. The molecular formula is C16H13FN2O. The van der Waals surface area contributed by atoms with Gasteiger partial charge in [-0.2, -0.15) is 0 Å². The quantitative estimate of drug-likeness (QED) is 0.892. The first kappa shape index (κ1) is 12.5. The van der Waals surface area contributed by atoms with Crippen molar-refractivity contribution in [3.8, 4) is 11.1 Å². The van der Waals surface area contributed by atoms with Crippen molar-refractivity contribution in [1.29, 1.82) is 0 Å². The number of nitrogens with two attached hydrogens (primary N) is 1. The fourth-order valence-electron chi connectivity index (χ4n) is 2.44. The molecule has 0 fully saturated rings. The number of carbonyl (C=O) groups excluding carboxylic acids is 1. The van der Waals surface area contributed by atoms with Crippen LogP contribution in [0.1, 0.15) is 11.1 Å². The molecule has 0 atom stereocenters. The number of amides is 1. The van der Waals surface area contributed by atoms with Gasteiger partial charge in [-0.15, -0.1) is 0 Å². The SMILES string of the molecule is NC(=O)C1=NCCc2cc(-c3ccc(F)cc3)ccc21. The molecule has 20 heavy (non-hydrogen) atoms. The van der Waals surface area contributed by atoms with E-state index in [-0.39, 0.29) is 5.82 Å². The van der Waals surface area contributed by atoms with Crippen LogP contribution in [0, 0.1) is 5.82 Å². The predicted octanol–water partition coefficient (Wildman–Crippen LogP) is 2.32. The Kier molecular flexibility index (Phi) is 3.06. The van der Waals surface area contributed by atoms with Gasteiger partial charge in [-0.1, -0.05) is 30.3 Å². The summed E-state index contributed by atoms with van der Waals surface area (Å²) in [4.78, 5) is 15.5. The molecule has 3 nitrogen and oxygen atoms in total. The summed E-state index contributed by atoms with van der Waals surface area (Å²) in [6, 6.07) is 12.1. The number of hydrogen-bond acceptors (Lipinski definition) is 2. The van der Waals surface area contributed by atoms with Gasteiger partial charge < -0.3 is 5.73 Å². The Morgan fingerprint density at radius 3 is 2.50 bits per heavy atom. The van der Waals surface area contributed by atoms with E-state index >= 15 is 0 Å². The molecule has 1 aliphatic rings. The number of primary amides is 1. The van der Waals surface area contributed by atoms with Crippen LogP contribution in [0.15, 0.2) is 47.5 Å². The van der Waals surface area contributed by atoms with Crippen LogP contribution in [-0.4, -0.2) is 18.2 Å². The van der Waals surface area contributed by atoms with Crippen LogP contribution in [0.3, 0.4) is 0 Å². The third kappa shape index (κ3) is 2.20. The Bertz CT molecular complexity index is 705. The zero-order valence-electron chi connectivity index (χ0n) is 10.8. The first-order chi connectivity index (χ1) is 9.65. The van der Waals surface area contributed by atoms with Crippen molar-refractivity contribution in [2.45, 2.75) is 6.42 Å². The minimum Gasteiger partial charge on any atom is -0.364 e. The summed E-state index contributed by atoms with van der Waals surface area (Å²) in [5, 5.41) is 0. The highest BCUT2D eigenvalue weighted by Crippen LogP contribution is 2.25. The Hall–Kier alpha value is -2.49. The highest BCUT2D eigenvalue weighted by Gasteiger charge is 2.18. The van der Waals surface area contributed by atoms with Crippen molar-refractivity contribution in [3.63, 3.8) is 0 Å². The molecule has 1 amide bonds. The van der Waals surface area contributed by atoms with Gasteiger partial charge in [-0.3, -0.25) is 9.79 Å². The number of rotatable bonds is 2. The van der Waals surface area contributed by atoms with Gasteiger partial charge in [0, 0.05) is 12.1 Å². The lowest BCUT2D eigenvalue weighted by Gasteiger charge is -2.16. The van der Waals surface area contributed by atoms with Crippen molar-refractivity contribution in [1.82, 2.24) is 0 Å². The van der Waals surface area contributed by atoms with Crippen LogP contribution in [-0.2, 0) is 11.2 Å². The van der Waals surface area contributed by atoms with Crippen molar-refractivity contribution in [3.05, 3.63) is 59.4 Å². The third-order valence-electron chi connectivity index (χ3n) is 3.42. The fraction of sp³-hybridized carbons (Fsp3) is 0.125. The highest BCUT2D eigenvalue weighted by molar-refractivity contribution is 6.45. The standard InChI is InChI=1S/C16H13FN2O/c17-13-4-1-10(2-5-13)11-3-6-14-12(9-11)7-8-19-15(14)16(18)20/h1-6,9H,7-8H2,(H2,18,20). The smallest absolute Gasteiger partial charge is 0.267 e. The van der Waals surface area contributed by atoms with E-state index in [0.717, 1.165) is 28.7 Å². The Morgan fingerprint density at radius 2 is 1.80 bits per heavy atom. The molecule has 4 heteroatoms. The topological polar surface area (TPSA) is 55.5 Å². The van der Waals surface area contributed by atoms with E-state index in [1.165, 1.54) is 12.1 Å². The molecular weight excluding hydrogens is 255 g/mol. The first-order valence-electron chi connectivity index (χ1n) is 6.38.